The third-order valence-corrected chi connectivity index (χ3v) is 5.17. The number of rotatable bonds is 5. The molecule has 0 aromatic heterocycles. The molecule has 0 aliphatic carbocycles. The average molecular weight is 357 g/mol. The summed E-state index contributed by atoms with van der Waals surface area (Å²) in [4.78, 5) is 16.9. The quantitative estimate of drug-likeness (QED) is 0.751. The van der Waals surface area contributed by atoms with Gasteiger partial charge in [-0.2, -0.15) is 0 Å². The van der Waals surface area contributed by atoms with Gasteiger partial charge in [-0.3, -0.25) is 9.69 Å². The first-order valence-corrected chi connectivity index (χ1v) is 9.42. The Hall–Kier alpha value is -1.84. The number of carbonyl (C=O) groups excluding carboxylic acids is 1. The lowest BCUT2D eigenvalue weighted by atomic mass is 9.91. The van der Waals surface area contributed by atoms with Gasteiger partial charge < -0.3 is 4.90 Å². The second-order valence-corrected chi connectivity index (χ2v) is 7.05. The molecule has 2 aromatic carbocycles. The van der Waals surface area contributed by atoms with Crippen molar-refractivity contribution in [3.63, 3.8) is 0 Å². The number of piperidine rings is 1. The second kappa shape index (κ2) is 8.50. The Morgan fingerprint density at radius 1 is 1.12 bits per heavy atom. The summed E-state index contributed by atoms with van der Waals surface area (Å²) in [5, 5.41) is 0. The average Bonchev–Trinajstić information content (AvgIpc) is 2.65. The summed E-state index contributed by atoms with van der Waals surface area (Å²) < 4.78 is 0. The van der Waals surface area contributed by atoms with E-state index in [1.54, 1.807) is 0 Å². The molecule has 25 heavy (non-hydrogen) atoms. The predicted molar refractivity (Wildman–Crippen MR) is 104 cm³/mol. The fourth-order valence-electron chi connectivity index (χ4n) is 3.76. The first-order chi connectivity index (χ1) is 12.2. The smallest absolute Gasteiger partial charge is 0.242 e. The number of likely N-dealkylation sites (tertiary alicyclic amines) is 1. The van der Waals surface area contributed by atoms with Gasteiger partial charge in [0, 0.05) is 31.4 Å². The summed E-state index contributed by atoms with van der Waals surface area (Å²) in [6.07, 6.45) is 0.964. The van der Waals surface area contributed by atoms with Crippen LogP contribution >= 0.6 is 11.6 Å². The number of halogens is 1. The number of nitrogens with zero attached hydrogens (tertiary/aromatic N) is 2. The van der Waals surface area contributed by atoms with Crippen LogP contribution in [0, 0.1) is 5.92 Å². The molecule has 0 radical (unpaired) electrons. The van der Waals surface area contributed by atoms with Gasteiger partial charge in [0.2, 0.25) is 5.91 Å². The van der Waals surface area contributed by atoms with Crippen LogP contribution in [0.2, 0.25) is 0 Å². The van der Waals surface area contributed by atoms with Crippen LogP contribution in [0.4, 0.5) is 5.69 Å². The van der Waals surface area contributed by atoms with Gasteiger partial charge in [0.15, 0.2) is 0 Å². The monoisotopic (exact) mass is 356 g/mol. The number of alkyl halides is 1. The number of benzene rings is 2. The van der Waals surface area contributed by atoms with Crippen molar-refractivity contribution in [1.29, 1.82) is 0 Å². The van der Waals surface area contributed by atoms with Gasteiger partial charge in [-0.15, -0.1) is 11.6 Å². The second-order valence-electron chi connectivity index (χ2n) is 6.79. The van der Waals surface area contributed by atoms with E-state index >= 15 is 0 Å². The van der Waals surface area contributed by atoms with E-state index in [9.17, 15) is 4.79 Å². The maximum absolute atomic E-state index is 12.5. The minimum atomic E-state index is -0.0128. The highest BCUT2D eigenvalue weighted by Crippen LogP contribution is 2.28. The zero-order chi connectivity index (χ0) is 17.6. The molecule has 1 amide bonds. The van der Waals surface area contributed by atoms with Gasteiger partial charge in [-0.1, -0.05) is 55.5 Å². The Labute approximate surface area is 155 Å². The highest BCUT2D eigenvalue weighted by atomic mass is 35.5. The summed E-state index contributed by atoms with van der Waals surface area (Å²) in [6, 6.07) is 20.7. The lowest BCUT2D eigenvalue weighted by Crippen LogP contribution is -2.52. The molecule has 1 heterocycles. The van der Waals surface area contributed by atoms with E-state index in [1.807, 2.05) is 41.3 Å². The molecule has 1 aliphatic heterocycles. The van der Waals surface area contributed by atoms with Gasteiger partial charge in [-0.05, 0) is 30.0 Å². The summed E-state index contributed by atoms with van der Waals surface area (Å²) in [7, 11) is 0. The number of para-hydroxylation sites is 1. The van der Waals surface area contributed by atoms with Gasteiger partial charge in [0.1, 0.15) is 5.88 Å². The number of anilines is 1. The fourth-order valence-corrected chi connectivity index (χ4v) is 3.89. The molecular weight excluding hydrogens is 332 g/mol. The van der Waals surface area contributed by atoms with Crippen LogP contribution in [0.15, 0.2) is 60.7 Å². The van der Waals surface area contributed by atoms with Crippen LogP contribution in [0.3, 0.4) is 0 Å². The summed E-state index contributed by atoms with van der Waals surface area (Å²) in [6.45, 7) is 5.17. The fraction of sp³-hybridized carbons (Fsp3) is 0.381. The molecule has 0 bridgehead atoms. The number of hydrogen-bond acceptors (Lipinski definition) is 2. The van der Waals surface area contributed by atoms with E-state index in [4.69, 9.17) is 11.6 Å². The lowest BCUT2D eigenvalue weighted by molar-refractivity contribution is -0.117. The Kier molecular flexibility index (Phi) is 6.11. The standard InChI is InChI=1S/C21H25ClN2O/c1-17-15-23(16-18-8-4-2-5-9-18)13-12-20(17)24(21(25)14-22)19-10-6-3-7-11-19/h2-11,17,20H,12-16H2,1H3. The third kappa shape index (κ3) is 4.42. The molecule has 1 aliphatic rings. The lowest BCUT2D eigenvalue weighted by Gasteiger charge is -2.42. The molecule has 3 nitrogen and oxygen atoms in total. The first kappa shape index (κ1) is 18.0. The molecular formula is C21H25ClN2O. The van der Waals surface area contributed by atoms with Crippen LogP contribution in [-0.4, -0.2) is 35.8 Å². The Morgan fingerprint density at radius 3 is 2.36 bits per heavy atom. The van der Waals surface area contributed by atoms with E-state index in [0.717, 1.165) is 31.7 Å². The van der Waals surface area contributed by atoms with Crippen LogP contribution in [0.25, 0.3) is 0 Å². The van der Waals surface area contributed by atoms with E-state index in [2.05, 4.69) is 36.1 Å². The first-order valence-electron chi connectivity index (χ1n) is 8.88. The van der Waals surface area contributed by atoms with E-state index in [1.165, 1.54) is 5.56 Å². The number of carbonyl (C=O) groups is 1. The largest absolute Gasteiger partial charge is 0.308 e. The summed E-state index contributed by atoms with van der Waals surface area (Å²) in [5.74, 6) is 0.400. The van der Waals surface area contributed by atoms with Crippen molar-refractivity contribution in [2.75, 3.05) is 23.9 Å². The van der Waals surface area contributed by atoms with Crippen molar-refractivity contribution in [1.82, 2.24) is 4.90 Å². The molecule has 0 N–H and O–H groups in total. The van der Waals surface area contributed by atoms with Crippen molar-refractivity contribution in [2.45, 2.75) is 25.9 Å². The molecule has 1 saturated heterocycles. The van der Waals surface area contributed by atoms with Gasteiger partial charge in [0.25, 0.3) is 0 Å². The molecule has 0 saturated carbocycles. The van der Waals surface area contributed by atoms with Gasteiger partial charge >= 0.3 is 0 Å². The van der Waals surface area contributed by atoms with Crippen LogP contribution in [-0.2, 0) is 11.3 Å². The van der Waals surface area contributed by atoms with Crippen molar-refractivity contribution < 1.29 is 4.79 Å². The molecule has 1 fully saturated rings. The van der Waals surface area contributed by atoms with E-state index < -0.39 is 0 Å². The third-order valence-electron chi connectivity index (χ3n) is 4.94. The molecule has 2 unspecified atom stereocenters. The van der Waals surface area contributed by atoms with Crippen LogP contribution in [0.5, 0.6) is 0 Å². The Balaban J connectivity index is 1.71. The molecule has 3 rings (SSSR count). The molecule has 4 heteroatoms. The highest BCUT2D eigenvalue weighted by molar-refractivity contribution is 6.29. The SMILES string of the molecule is CC1CN(Cc2ccccc2)CCC1N(C(=O)CCl)c1ccccc1. The Bertz CT molecular complexity index is 677. The topological polar surface area (TPSA) is 23.6 Å². The summed E-state index contributed by atoms with van der Waals surface area (Å²) in [5.41, 5.74) is 2.28. The van der Waals surface area contributed by atoms with Crippen molar-refractivity contribution in [3.05, 3.63) is 66.2 Å². The van der Waals surface area contributed by atoms with Crippen molar-refractivity contribution in [3.8, 4) is 0 Å². The zero-order valence-corrected chi connectivity index (χ0v) is 15.4. The normalized spacial score (nSPS) is 21.0. The number of hydrogen-bond donors (Lipinski definition) is 0. The van der Waals surface area contributed by atoms with Gasteiger partial charge in [-0.25, -0.2) is 0 Å². The Morgan fingerprint density at radius 2 is 1.76 bits per heavy atom. The molecule has 2 atom stereocenters. The summed E-state index contributed by atoms with van der Waals surface area (Å²) >= 11 is 5.90. The minimum absolute atomic E-state index is 0.0128. The molecule has 132 valence electrons. The van der Waals surface area contributed by atoms with Crippen LogP contribution in [0.1, 0.15) is 18.9 Å². The molecule has 2 aromatic rings. The highest BCUT2D eigenvalue weighted by Gasteiger charge is 2.33. The molecule has 0 spiro atoms. The predicted octanol–water partition coefficient (Wildman–Crippen LogP) is 4.17. The maximum Gasteiger partial charge on any atom is 0.242 e. The maximum atomic E-state index is 12.5. The number of amides is 1. The van der Waals surface area contributed by atoms with Crippen molar-refractivity contribution >= 4 is 23.2 Å². The van der Waals surface area contributed by atoms with Crippen LogP contribution < -0.4 is 4.90 Å². The minimum Gasteiger partial charge on any atom is -0.308 e. The van der Waals surface area contributed by atoms with Gasteiger partial charge in [0.05, 0.1) is 0 Å². The van der Waals surface area contributed by atoms with E-state index in [-0.39, 0.29) is 17.8 Å². The van der Waals surface area contributed by atoms with Crippen molar-refractivity contribution in [2.24, 2.45) is 5.92 Å². The van der Waals surface area contributed by atoms with E-state index in [0.29, 0.717) is 5.92 Å². The zero-order valence-electron chi connectivity index (χ0n) is 14.6.